The molecule has 0 radical (unpaired) electrons. The zero-order valence-corrected chi connectivity index (χ0v) is 10.6. The molecule has 16 heavy (non-hydrogen) atoms. The highest BCUT2D eigenvalue weighted by molar-refractivity contribution is 6.30. The minimum atomic E-state index is 0. The monoisotopic (exact) mass is 259 g/mol. The summed E-state index contributed by atoms with van der Waals surface area (Å²) in [6.07, 6.45) is 3.49. The maximum absolute atomic E-state index is 12.0. The van der Waals surface area contributed by atoms with Gasteiger partial charge in [-0.2, -0.15) is 0 Å². The van der Waals surface area contributed by atoms with Crippen LogP contribution in [0.25, 0.3) is 0 Å². The van der Waals surface area contributed by atoms with E-state index in [1.54, 1.807) is 24.3 Å². The van der Waals surface area contributed by atoms with Crippen molar-refractivity contribution in [1.82, 2.24) is 4.90 Å². The Labute approximate surface area is 107 Å². The first-order valence-corrected chi connectivity index (χ1v) is 5.70. The molecular weight excluding hydrogens is 245 g/mol. The molecule has 1 fully saturated rings. The van der Waals surface area contributed by atoms with Gasteiger partial charge in [-0.15, -0.1) is 12.4 Å². The maximum atomic E-state index is 12.0. The number of benzene rings is 1. The molecule has 0 bridgehead atoms. The van der Waals surface area contributed by atoms with Gasteiger partial charge in [0, 0.05) is 23.7 Å². The third kappa shape index (κ3) is 3.13. The minimum Gasteiger partial charge on any atom is -0.339 e. The molecule has 1 aromatic carbocycles. The van der Waals surface area contributed by atoms with Gasteiger partial charge in [0.1, 0.15) is 0 Å². The quantitative estimate of drug-likeness (QED) is 0.757. The highest BCUT2D eigenvalue weighted by Gasteiger charge is 2.17. The van der Waals surface area contributed by atoms with Gasteiger partial charge in [0.25, 0.3) is 5.91 Å². The van der Waals surface area contributed by atoms with E-state index in [1.807, 2.05) is 4.90 Å². The molecule has 0 saturated carbocycles. The molecule has 0 atom stereocenters. The molecule has 1 aromatic rings. The summed E-state index contributed by atoms with van der Waals surface area (Å²) in [6, 6.07) is 7.11. The molecule has 88 valence electrons. The number of halogens is 2. The van der Waals surface area contributed by atoms with E-state index in [1.165, 1.54) is 6.42 Å². The van der Waals surface area contributed by atoms with Gasteiger partial charge in [0.15, 0.2) is 0 Å². The summed E-state index contributed by atoms with van der Waals surface area (Å²) in [5.74, 6) is 0.131. The van der Waals surface area contributed by atoms with Crippen molar-refractivity contribution in [3.8, 4) is 0 Å². The van der Waals surface area contributed by atoms with E-state index in [9.17, 15) is 4.79 Å². The number of carbonyl (C=O) groups excluding carboxylic acids is 1. The fourth-order valence-corrected chi connectivity index (χ4v) is 2.00. The first-order chi connectivity index (χ1) is 7.27. The average Bonchev–Trinajstić information content (AvgIpc) is 2.30. The third-order valence-corrected chi connectivity index (χ3v) is 2.99. The van der Waals surface area contributed by atoms with Crippen LogP contribution < -0.4 is 0 Å². The zero-order valence-electron chi connectivity index (χ0n) is 8.99. The Hall–Kier alpha value is -0.730. The van der Waals surface area contributed by atoms with Crippen molar-refractivity contribution in [1.29, 1.82) is 0 Å². The van der Waals surface area contributed by atoms with E-state index in [-0.39, 0.29) is 18.3 Å². The number of hydrogen-bond acceptors (Lipinski definition) is 1. The highest BCUT2D eigenvalue weighted by atomic mass is 35.5. The van der Waals surface area contributed by atoms with Gasteiger partial charge in [-0.3, -0.25) is 4.79 Å². The number of nitrogens with zero attached hydrogens (tertiary/aromatic N) is 1. The Morgan fingerprint density at radius 1 is 1.06 bits per heavy atom. The number of likely N-dealkylation sites (tertiary alicyclic amines) is 1. The van der Waals surface area contributed by atoms with E-state index in [0.29, 0.717) is 5.02 Å². The third-order valence-electron chi connectivity index (χ3n) is 2.73. The molecule has 0 aromatic heterocycles. The Bertz CT molecular complexity index is 345. The number of rotatable bonds is 1. The number of carbonyl (C=O) groups is 1. The lowest BCUT2D eigenvalue weighted by Gasteiger charge is -2.26. The molecule has 1 amide bonds. The predicted octanol–water partition coefficient (Wildman–Crippen LogP) is 3.39. The van der Waals surface area contributed by atoms with Crippen molar-refractivity contribution in [2.75, 3.05) is 13.1 Å². The zero-order chi connectivity index (χ0) is 10.7. The standard InChI is InChI=1S/C12H14ClNO.ClH/c13-11-6-4-10(5-7-11)12(15)14-8-2-1-3-9-14;/h4-7H,1-3,8-9H2;1H. The average molecular weight is 260 g/mol. The molecule has 2 rings (SSSR count). The molecule has 2 nitrogen and oxygen atoms in total. The molecule has 1 heterocycles. The second kappa shape index (κ2) is 6.12. The molecule has 0 N–H and O–H groups in total. The first kappa shape index (κ1) is 13.3. The van der Waals surface area contributed by atoms with Crippen LogP contribution in [0.5, 0.6) is 0 Å². The Balaban J connectivity index is 0.00000128. The van der Waals surface area contributed by atoms with Crippen molar-refractivity contribution in [3.63, 3.8) is 0 Å². The Morgan fingerprint density at radius 3 is 2.19 bits per heavy atom. The van der Waals surface area contributed by atoms with E-state index in [0.717, 1.165) is 31.5 Å². The van der Waals surface area contributed by atoms with Crippen LogP contribution in [-0.4, -0.2) is 23.9 Å². The van der Waals surface area contributed by atoms with Gasteiger partial charge in [0.05, 0.1) is 0 Å². The van der Waals surface area contributed by atoms with E-state index in [2.05, 4.69) is 0 Å². The Kier molecular flexibility index (Phi) is 5.10. The van der Waals surface area contributed by atoms with Gasteiger partial charge >= 0.3 is 0 Å². The molecule has 1 saturated heterocycles. The molecule has 1 aliphatic heterocycles. The first-order valence-electron chi connectivity index (χ1n) is 5.32. The van der Waals surface area contributed by atoms with Crippen LogP contribution in [0.1, 0.15) is 29.6 Å². The molecule has 0 unspecified atom stereocenters. The highest BCUT2D eigenvalue weighted by Crippen LogP contribution is 2.15. The topological polar surface area (TPSA) is 20.3 Å². The summed E-state index contributed by atoms with van der Waals surface area (Å²) < 4.78 is 0. The molecule has 0 spiro atoms. The summed E-state index contributed by atoms with van der Waals surface area (Å²) in [5, 5.41) is 0.671. The number of piperidine rings is 1. The van der Waals surface area contributed by atoms with E-state index >= 15 is 0 Å². The normalized spacial score (nSPS) is 15.4. The van der Waals surface area contributed by atoms with Crippen LogP contribution in [0, 0.1) is 0 Å². The number of amides is 1. The van der Waals surface area contributed by atoms with Gasteiger partial charge in [-0.05, 0) is 43.5 Å². The van der Waals surface area contributed by atoms with Crippen molar-refractivity contribution >= 4 is 29.9 Å². The summed E-state index contributed by atoms with van der Waals surface area (Å²) in [5.41, 5.74) is 0.737. The molecule has 0 aliphatic carbocycles. The van der Waals surface area contributed by atoms with Crippen LogP contribution >= 0.6 is 24.0 Å². The van der Waals surface area contributed by atoms with Gasteiger partial charge in [-0.1, -0.05) is 11.6 Å². The second-order valence-electron chi connectivity index (χ2n) is 3.86. The largest absolute Gasteiger partial charge is 0.339 e. The smallest absolute Gasteiger partial charge is 0.253 e. The van der Waals surface area contributed by atoms with Crippen molar-refractivity contribution in [2.24, 2.45) is 0 Å². The van der Waals surface area contributed by atoms with Crippen LogP contribution in [-0.2, 0) is 0 Å². The molecular formula is C12H15Cl2NO. The van der Waals surface area contributed by atoms with Gasteiger partial charge in [-0.25, -0.2) is 0 Å². The lowest BCUT2D eigenvalue weighted by Crippen LogP contribution is -2.35. The van der Waals surface area contributed by atoms with E-state index in [4.69, 9.17) is 11.6 Å². The fourth-order valence-electron chi connectivity index (χ4n) is 1.87. The maximum Gasteiger partial charge on any atom is 0.253 e. The van der Waals surface area contributed by atoms with Crippen molar-refractivity contribution in [2.45, 2.75) is 19.3 Å². The minimum absolute atomic E-state index is 0. The van der Waals surface area contributed by atoms with Crippen LogP contribution in [0.2, 0.25) is 5.02 Å². The fraction of sp³-hybridized carbons (Fsp3) is 0.417. The SMILES string of the molecule is Cl.O=C(c1ccc(Cl)cc1)N1CCCCC1. The van der Waals surface area contributed by atoms with Crippen molar-refractivity contribution < 1.29 is 4.79 Å². The van der Waals surface area contributed by atoms with E-state index < -0.39 is 0 Å². The molecule has 1 aliphatic rings. The second-order valence-corrected chi connectivity index (χ2v) is 4.30. The van der Waals surface area contributed by atoms with Crippen LogP contribution in [0.4, 0.5) is 0 Å². The van der Waals surface area contributed by atoms with Crippen LogP contribution in [0.3, 0.4) is 0 Å². The lowest BCUT2D eigenvalue weighted by molar-refractivity contribution is 0.0724. The summed E-state index contributed by atoms with van der Waals surface area (Å²) >= 11 is 5.78. The summed E-state index contributed by atoms with van der Waals surface area (Å²) in [4.78, 5) is 13.9. The van der Waals surface area contributed by atoms with Gasteiger partial charge in [0.2, 0.25) is 0 Å². The number of hydrogen-bond donors (Lipinski definition) is 0. The predicted molar refractivity (Wildman–Crippen MR) is 68.5 cm³/mol. The summed E-state index contributed by atoms with van der Waals surface area (Å²) in [7, 11) is 0. The summed E-state index contributed by atoms with van der Waals surface area (Å²) in [6.45, 7) is 1.78. The van der Waals surface area contributed by atoms with Crippen LogP contribution in [0.15, 0.2) is 24.3 Å². The molecule has 4 heteroatoms. The Morgan fingerprint density at radius 2 is 1.62 bits per heavy atom. The van der Waals surface area contributed by atoms with Crippen molar-refractivity contribution in [3.05, 3.63) is 34.9 Å². The van der Waals surface area contributed by atoms with Gasteiger partial charge < -0.3 is 4.90 Å². The lowest BCUT2D eigenvalue weighted by atomic mass is 10.1.